The second kappa shape index (κ2) is 7.11. The molecule has 0 fully saturated rings. The van der Waals surface area contributed by atoms with E-state index >= 15 is 0 Å². The molecule has 1 aromatic rings. The summed E-state index contributed by atoms with van der Waals surface area (Å²) in [4.78, 5) is 11.3. The molecule has 0 aliphatic rings. The van der Waals surface area contributed by atoms with Gasteiger partial charge in [-0.3, -0.25) is 4.79 Å². The van der Waals surface area contributed by atoms with E-state index in [1.807, 2.05) is 0 Å². The first kappa shape index (κ1) is 13.8. The van der Waals surface area contributed by atoms with Crippen molar-refractivity contribution >= 4 is 17.5 Å². The predicted octanol–water partition coefficient (Wildman–Crippen LogP) is 0.188. The van der Waals surface area contributed by atoms with Gasteiger partial charge in [0.25, 0.3) is 5.91 Å². The fraction of sp³-hybridized carbons (Fsp3) is 0.364. The molecule has 0 heterocycles. The molecule has 0 aliphatic heterocycles. The number of carbonyl (C=O) groups is 1. The van der Waals surface area contributed by atoms with Gasteiger partial charge in [0.05, 0.1) is 19.3 Å². The number of aliphatic hydroxyl groups excluding tert-OH is 2. The summed E-state index contributed by atoms with van der Waals surface area (Å²) in [5.74, 6) is 0.113. The van der Waals surface area contributed by atoms with Crippen LogP contribution in [0.25, 0.3) is 0 Å². The number of aliphatic hydroxyl groups is 2. The SMILES string of the molecule is O=C(COc1ccc(Cl)cc1)NC(CO)CO. The fourth-order valence-electron chi connectivity index (χ4n) is 1.10. The molecule has 6 heteroatoms. The molecule has 1 amide bonds. The molecule has 0 unspecified atom stereocenters. The standard InChI is InChI=1S/C11H14ClNO4/c12-8-1-3-10(4-2-8)17-7-11(16)13-9(5-14)6-15/h1-4,9,14-15H,5-7H2,(H,13,16). The number of carbonyl (C=O) groups excluding carboxylic acids is 1. The van der Waals surface area contributed by atoms with Crippen LogP contribution < -0.4 is 10.1 Å². The second-order valence-electron chi connectivity index (χ2n) is 3.37. The van der Waals surface area contributed by atoms with Crippen molar-refractivity contribution in [2.45, 2.75) is 6.04 Å². The summed E-state index contributed by atoms with van der Waals surface area (Å²) < 4.78 is 5.18. The first-order chi connectivity index (χ1) is 8.15. The lowest BCUT2D eigenvalue weighted by molar-refractivity contribution is -0.124. The van der Waals surface area contributed by atoms with Gasteiger partial charge in [0.1, 0.15) is 5.75 Å². The van der Waals surface area contributed by atoms with E-state index in [1.54, 1.807) is 24.3 Å². The zero-order valence-corrected chi connectivity index (χ0v) is 9.85. The van der Waals surface area contributed by atoms with Gasteiger partial charge in [0.2, 0.25) is 0 Å². The first-order valence-corrected chi connectivity index (χ1v) is 5.43. The summed E-state index contributed by atoms with van der Waals surface area (Å²) >= 11 is 5.69. The molecule has 0 aliphatic carbocycles. The van der Waals surface area contributed by atoms with E-state index in [0.717, 1.165) is 0 Å². The minimum Gasteiger partial charge on any atom is -0.484 e. The molecule has 5 nitrogen and oxygen atoms in total. The predicted molar refractivity (Wildman–Crippen MR) is 63.0 cm³/mol. The average Bonchev–Trinajstić information content (AvgIpc) is 2.35. The third kappa shape index (κ3) is 5.04. The van der Waals surface area contributed by atoms with Crippen LogP contribution in [0.4, 0.5) is 0 Å². The van der Waals surface area contributed by atoms with Gasteiger partial charge < -0.3 is 20.3 Å². The van der Waals surface area contributed by atoms with E-state index in [4.69, 9.17) is 26.6 Å². The fourth-order valence-corrected chi connectivity index (χ4v) is 1.22. The maximum absolute atomic E-state index is 11.3. The van der Waals surface area contributed by atoms with E-state index in [-0.39, 0.29) is 19.8 Å². The van der Waals surface area contributed by atoms with Crippen molar-refractivity contribution < 1.29 is 19.7 Å². The van der Waals surface area contributed by atoms with Crippen LogP contribution in [0, 0.1) is 0 Å². The van der Waals surface area contributed by atoms with Gasteiger partial charge in [-0.1, -0.05) is 11.6 Å². The molecule has 1 rings (SSSR count). The van der Waals surface area contributed by atoms with Crippen molar-refractivity contribution in [2.24, 2.45) is 0 Å². The second-order valence-corrected chi connectivity index (χ2v) is 3.81. The Hall–Kier alpha value is -1.30. The summed E-state index contributed by atoms with van der Waals surface area (Å²) in [7, 11) is 0. The number of hydrogen-bond acceptors (Lipinski definition) is 4. The van der Waals surface area contributed by atoms with Gasteiger partial charge in [-0.15, -0.1) is 0 Å². The molecule has 0 aromatic heterocycles. The van der Waals surface area contributed by atoms with E-state index in [1.165, 1.54) is 0 Å². The summed E-state index contributed by atoms with van der Waals surface area (Å²) in [6.07, 6.45) is 0. The molecule has 0 spiro atoms. The van der Waals surface area contributed by atoms with Crippen LogP contribution >= 0.6 is 11.6 Å². The van der Waals surface area contributed by atoms with Crippen LogP contribution in [0.5, 0.6) is 5.75 Å². The molecule has 1 aromatic carbocycles. The number of amides is 1. The van der Waals surface area contributed by atoms with Gasteiger partial charge in [0.15, 0.2) is 6.61 Å². The van der Waals surface area contributed by atoms with Crippen LogP contribution in [0.1, 0.15) is 0 Å². The van der Waals surface area contributed by atoms with Crippen molar-refractivity contribution in [3.05, 3.63) is 29.3 Å². The maximum Gasteiger partial charge on any atom is 0.258 e. The lowest BCUT2D eigenvalue weighted by atomic mass is 10.3. The summed E-state index contributed by atoms with van der Waals surface area (Å²) in [5, 5.41) is 20.5. The highest BCUT2D eigenvalue weighted by Crippen LogP contribution is 2.15. The van der Waals surface area contributed by atoms with Crippen LogP contribution in [0.2, 0.25) is 5.02 Å². The Balaban J connectivity index is 2.35. The van der Waals surface area contributed by atoms with Gasteiger partial charge in [0, 0.05) is 5.02 Å². The Bertz CT molecular complexity index is 351. The molecular weight excluding hydrogens is 246 g/mol. The molecule has 94 valence electrons. The van der Waals surface area contributed by atoms with Gasteiger partial charge in [-0.2, -0.15) is 0 Å². The lowest BCUT2D eigenvalue weighted by Gasteiger charge is -2.13. The van der Waals surface area contributed by atoms with Gasteiger partial charge >= 0.3 is 0 Å². The van der Waals surface area contributed by atoms with Crippen LogP contribution in [-0.2, 0) is 4.79 Å². The summed E-state index contributed by atoms with van der Waals surface area (Å²) in [6.45, 7) is -0.815. The number of ether oxygens (including phenoxy) is 1. The molecule has 0 saturated carbocycles. The summed E-state index contributed by atoms with van der Waals surface area (Å²) in [6, 6.07) is 5.94. The minimum absolute atomic E-state index is 0.182. The number of nitrogens with one attached hydrogen (secondary N) is 1. The lowest BCUT2D eigenvalue weighted by Crippen LogP contribution is -2.42. The van der Waals surface area contributed by atoms with Gasteiger partial charge in [-0.25, -0.2) is 0 Å². The van der Waals surface area contributed by atoms with Crippen molar-refractivity contribution in [3.63, 3.8) is 0 Å². The maximum atomic E-state index is 11.3. The Morgan fingerprint density at radius 3 is 2.41 bits per heavy atom. The van der Waals surface area contributed by atoms with E-state index in [0.29, 0.717) is 10.8 Å². The number of hydrogen-bond donors (Lipinski definition) is 3. The van der Waals surface area contributed by atoms with E-state index in [9.17, 15) is 4.79 Å². The molecule has 0 radical (unpaired) electrons. The Morgan fingerprint density at radius 1 is 1.29 bits per heavy atom. The third-order valence-corrected chi connectivity index (χ3v) is 2.24. The third-order valence-electron chi connectivity index (χ3n) is 1.99. The molecule has 0 atom stereocenters. The van der Waals surface area contributed by atoms with Crippen molar-refractivity contribution in [3.8, 4) is 5.75 Å². The Morgan fingerprint density at radius 2 is 1.88 bits per heavy atom. The number of halogens is 1. The van der Waals surface area contributed by atoms with Gasteiger partial charge in [-0.05, 0) is 24.3 Å². The molecule has 3 N–H and O–H groups in total. The highest BCUT2D eigenvalue weighted by molar-refractivity contribution is 6.30. The Labute approximate surface area is 104 Å². The van der Waals surface area contributed by atoms with Crippen molar-refractivity contribution in [2.75, 3.05) is 19.8 Å². The number of rotatable bonds is 6. The van der Waals surface area contributed by atoms with Crippen LogP contribution in [-0.4, -0.2) is 42.0 Å². The molecule has 0 bridgehead atoms. The minimum atomic E-state index is -0.656. The topological polar surface area (TPSA) is 78.8 Å². The van der Waals surface area contributed by atoms with Crippen LogP contribution in [0.3, 0.4) is 0 Å². The van der Waals surface area contributed by atoms with Crippen molar-refractivity contribution in [1.82, 2.24) is 5.32 Å². The average molecular weight is 260 g/mol. The summed E-state index contributed by atoms with van der Waals surface area (Å²) in [5.41, 5.74) is 0. The Kier molecular flexibility index (Phi) is 5.76. The first-order valence-electron chi connectivity index (χ1n) is 5.05. The highest BCUT2D eigenvalue weighted by atomic mass is 35.5. The van der Waals surface area contributed by atoms with Crippen molar-refractivity contribution in [1.29, 1.82) is 0 Å². The quantitative estimate of drug-likeness (QED) is 0.681. The normalized spacial score (nSPS) is 10.4. The zero-order valence-electron chi connectivity index (χ0n) is 9.10. The van der Waals surface area contributed by atoms with Crippen LogP contribution in [0.15, 0.2) is 24.3 Å². The smallest absolute Gasteiger partial charge is 0.258 e. The highest BCUT2D eigenvalue weighted by Gasteiger charge is 2.10. The monoisotopic (exact) mass is 259 g/mol. The molecule has 0 saturated heterocycles. The largest absolute Gasteiger partial charge is 0.484 e. The van der Waals surface area contributed by atoms with E-state index in [2.05, 4.69) is 5.32 Å². The number of benzene rings is 1. The van der Waals surface area contributed by atoms with E-state index < -0.39 is 11.9 Å². The molecular formula is C11H14ClNO4. The molecule has 17 heavy (non-hydrogen) atoms. The zero-order chi connectivity index (χ0) is 12.7.